The van der Waals surface area contributed by atoms with E-state index in [2.05, 4.69) is 52.2 Å². The first kappa shape index (κ1) is 21.2. The van der Waals surface area contributed by atoms with Gasteiger partial charge in [0.1, 0.15) is 10.7 Å². The molecule has 1 aliphatic carbocycles. The highest BCUT2D eigenvalue weighted by molar-refractivity contribution is 9.10. The summed E-state index contributed by atoms with van der Waals surface area (Å²) in [7, 11) is 0. The zero-order valence-corrected chi connectivity index (χ0v) is 20.3. The molecule has 0 bridgehead atoms. The quantitative estimate of drug-likeness (QED) is 0.592. The second-order valence-electron chi connectivity index (χ2n) is 8.91. The summed E-state index contributed by atoms with van der Waals surface area (Å²) in [4.78, 5) is 32.8. The largest absolute Gasteiger partial charge is 0.291 e. The van der Waals surface area contributed by atoms with Crippen LogP contribution in [0.3, 0.4) is 0 Å². The molecular formula is C21H26BrN5O2S. The number of hydrogen-bond donors (Lipinski definition) is 1. The van der Waals surface area contributed by atoms with E-state index in [1.165, 1.54) is 9.55 Å². The third-order valence-corrected chi connectivity index (χ3v) is 7.67. The summed E-state index contributed by atoms with van der Waals surface area (Å²) < 4.78 is 3.50. The van der Waals surface area contributed by atoms with Gasteiger partial charge in [0, 0.05) is 17.6 Å². The number of amides is 1. The van der Waals surface area contributed by atoms with Gasteiger partial charge in [0.05, 0.1) is 9.86 Å². The Morgan fingerprint density at radius 1 is 1.40 bits per heavy atom. The van der Waals surface area contributed by atoms with Crippen molar-refractivity contribution >= 4 is 43.4 Å². The Bertz CT molecular complexity index is 1200. The molecule has 0 aromatic carbocycles. The average Bonchev–Trinajstić information content (AvgIpc) is 3.23. The number of fused-ring (bicyclic) bond motifs is 3. The lowest BCUT2D eigenvalue weighted by atomic mass is 9.72. The molecule has 3 heterocycles. The van der Waals surface area contributed by atoms with Crippen LogP contribution in [-0.2, 0) is 19.4 Å². The molecule has 1 N–H and O–H groups in total. The van der Waals surface area contributed by atoms with Gasteiger partial charge in [-0.1, -0.05) is 20.8 Å². The van der Waals surface area contributed by atoms with Crippen molar-refractivity contribution in [2.75, 3.05) is 5.43 Å². The molecule has 0 radical (unpaired) electrons. The molecule has 1 atom stereocenters. The van der Waals surface area contributed by atoms with Crippen LogP contribution in [0.2, 0.25) is 0 Å². The summed E-state index contributed by atoms with van der Waals surface area (Å²) in [5.41, 5.74) is 4.06. The fourth-order valence-electron chi connectivity index (χ4n) is 4.06. The number of rotatable bonds is 3. The van der Waals surface area contributed by atoms with Crippen molar-refractivity contribution < 1.29 is 4.79 Å². The first-order chi connectivity index (χ1) is 14.1. The first-order valence-corrected chi connectivity index (χ1v) is 11.8. The molecule has 7 nitrogen and oxygen atoms in total. The van der Waals surface area contributed by atoms with Crippen LogP contribution in [0.4, 0.5) is 0 Å². The average molecular weight is 492 g/mol. The van der Waals surface area contributed by atoms with Gasteiger partial charge in [-0.3, -0.25) is 19.7 Å². The topological polar surface area (TPSA) is 81.8 Å². The third-order valence-electron chi connectivity index (χ3n) is 5.94. The minimum Gasteiger partial charge on any atom is -0.271 e. The van der Waals surface area contributed by atoms with Gasteiger partial charge in [-0.2, -0.15) is 5.10 Å². The standard InChI is InChI=1S/C21H26BrN5O2S/c1-6-26-10-14(22)17(24-26)18(28)25-27-11(2)23-19-16(20(27)29)13-8-7-12(21(3,4)5)9-15(13)30-19/h10,12H,6-9H2,1-5H3,(H,25,28)/t12-/m1/s1. The second-order valence-corrected chi connectivity index (χ2v) is 10.8. The Kier molecular flexibility index (Phi) is 5.38. The molecule has 0 spiro atoms. The van der Waals surface area contributed by atoms with E-state index in [4.69, 9.17) is 0 Å². The van der Waals surface area contributed by atoms with Gasteiger partial charge in [-0.15, -0.1) is 11.3 Å². The normalized spacial score (nSPS) is 16.7. The number of thiophene rings is 1. The van der Waals surface area contributed by atoms with Crippen LogP contribution in [0.25, 0.3) is 10.2 Å². The van der Waals surface area contributed by atoms with Crippen LogP contribution >= 0.6 is 27.3 Å². The fourth-order valence-corrected chi connectivity index (χ4v) is 5.90. The summed E-state index contributed by atoms with van der Waals surface area (Å²) in [6, 6.07) is 0. The van der Waals surface area contributed by atoms with Gasteiger partial charge in [0.15, 0.2) is 5.69 Å². The van der Waals surface area contributed by atoms with Crippen molar-refractivity contribution in [3.63, 3.8) is 0 Å². The maximum Gasteiger partial charge on any atom is 0.291 e. The Morgan fingerprint density at radius 2 is 2.13 bits per heavy atom. The van der Waals surface area contributed by atoms with E-state index in [0.717, 1.165) is 29.7 Å². The van der Waals surface area contributed by atoms with Crippen molar-refractivity contribution in [3.05, 3.63) is 43.0 Å². The monoisotopic (exact) mass is 491 g/mol. The van der Waals surface area contributed by atoms with E-state index >= 15 is 0 Å². The van der Waals surface area contributed by atoms with Gasteiger partial charge in [0.25, 0.3) is 11.5 Å². The van der Waals surface area contributed by atoms with Gasteiger partial charge in [0.2, 0.25) is 0 Å². The van der Waals surface area contributed by atoms with Crippen molar-refractivity contribution in [2.45, 2.75) is 60.4 Å². The fraction of sp³-hybridized carbons (Fsp3) is 0.524. The number of carbonyl (C=O) groups excluding carboxylic acids is 1. The number of aromatic nitrogens is 4. The Balaban J connectivity index is 1.73. The van der Waals surface area contributed by atoms with Crippen molar-refractivity contribution in [3.8, 4) is 0 Å². The maximum atomic E-state index is 13.4. The molecule has 160 valence electrons. The van der Waals surface area contributed by atoms with Crippen molar-refractivity contribution in [1.29, 1.82) is 0 Å². The Hall–Kier alpha value is -2.00. The Labute approximate surface area is 187 Å². The molecule has 3 aromatic rings. The number of halogens is 1. The minimum atomic E-state index is -0.447. The maximum absolute atomic E-state index is 13.4. The minimum absolute atomic E-state index is 0.219. The molecule has 0 aliphatic heterocycles. The molecule has 0 saturated carbocycles. The molecule has 3 aromatic heterocycles. The van der Waals surface area contributed by atoms with Crippen LogP contribution in [0.15, 0.2) is 15.5 Å². The SMILES string of the molecule is CCn1cc(Br)c(C(=O)Nn2c(C)nc3sc4c(c3c2=O)CC[C@@H](C(C)(C)C)C4)n1. The van der Waals surface area contributed by atoms with Crippen LogP contribution < -0.4 is 11.0 Å². The predicted molar refractivity (Wildman–Crippen MR) is 123 cm³/mol. The lowest BCUT2D eigenvalue weighted by molar-refractivity contribution is 0.1000. The number of hydrogen-bond acceptors (Lipinski definition) is 5. The lowest BCUT2D eigenvalue weighted by Gasteiger charge is -2.33. The van der Waals surface area contributed by atoms with Crippen LogP contribution in [0, 0.1) is 18.3 Å². The number of nitrogens with one attached hydrogen (secondary N) is 1. The molecule has 1 aliphatic rings. The second kappa shape index (κ2) is 7.60. The zero-order valence-electron chi connectivity index (χ0n) is 17.9. The molecular weight excluding hydrogens is 466 g/mol. The summed E-state index contributed by atoms with van der Waals surface area (Å²) in [6.45, 7) is 11.2. The Morgan fingerprint density at radius 3 is 2.77 bits per heavy atom. The third kappa shape index (κ3) is 3.62. The summed E-state index contributed by atoms with van der Waals surface area (Å²) in [5, 5.41) is 4.91. The van der Waals surface area contributed by atoms with E-state index in [9.17, 15) is 9.59 Å². The molecule has 9 heteroatoms. The van der Waals surface area contributed by atoms with Gasteiger partial charge >= 0.3 is 0 Å². The van der Waals surface area contributed by atoms with Crippen LogP contribution in [0.1, 0.15) is 60.9 Å². The van der Waals surface area contributed by atoms with E-state index in [1.54, 1.807) is 29.1 Å². The molecule has 4 rings (SSSR count). The number of carbonyl (C=O) groups is 1. The smallest absolute Gasteiger partial charge is 0.271 e. The number of aryl methyl sites for hydroxylation is 3. The highest BCUT2D eigenvalue weighted by Crippen LogP contribution is 2.42. The van der Waals surface area contributed by atoms with E-state index in [0.29, 0.717) is 28.1 Å². The first-order valence-electron chi connectivity index (χ1n) is 10.2. The predicted octanol–water partition coefficient (Wildman–Crippen LogP) is 4.28. The summed E-state index contributed by atoms with van der Waals surface area (Å²) in [5.74, 6) is 0.599. The van der Waals surface area contributed by atoms with Crippen LogP contribution in [0.5, 0.6) is 0 Å². The van der Waals surface area contributed by atoms with E-state index < -0.39 is 5.91 Å². The van der Waals surface area contributed by atoms with E-state index in [1.807, 2.05) is 6.92 Å². The summed E-state index contributed by atoms with van der Waals surface area (Å²) in [6.07, 6.45) is 4.65. The van der Waals surface area contributed by atoms with Gasteiger partial charge < -0.3 is 0 Å². The van der Waals surface area contributed by atoms with Gasteiger partial charge in [-0.05, 0) is 65.9 Å². The van der Waals surface area contributed by atoms with Gasteiger partial charge in [-0.25, -0.2) is 9.66 Å². The highest BCUT2D eigenvalue weighted by Gasteiger charge is 2.32. The summed E-state index contributed by atoms with van der Waals surface area (Å²) >= 11 is 4.99. The molecule has 0 saturated heterocycles. The molecule has 1 amide bonds. The highest BCUT2D eigenvalue weighted by atomic mass is 79.9. The molecule has 0 fully saturated rings. The van der Waals surface area contributed by atoms with Crippen LogP contribution in [-0.4, -0.2) is 25.3 Å². The molecule has 30 heavy (non-hydrogen) atoms. The van der Waals surface area contributed by atoms with Crippen molar-refractivity contribution in [1.82, 2.24) is 19.4 Å². The van der Waals surface area contributed by atoms with E-state index in [-0.39, 0.29) is 16.7 Å². The zero-order chi connectivity index (χ0) is 21.8. The lowest BCUT2D eigenvalue weighted by Crippen LogP contribution is -2.36. The van der Waals surface area contributed by atoms with Crippen molar-refractivity contribution in [2.24, 2.45) is 11.3 Å². The number of nitrogens with zero attached hydrogens (tertiary/aromatic N) is 4. The molecule has 0 unspecified atom stereocenters.